The zero-order chi connectivity index (χ0) is 13.0. The van der Waals surface area contributed by atoms with Gasteiger partial charge in [-0.3, -0.25) is 9.69 Å². The third kappa shape index (κ3) is 3.68. The maximum absolute atomic E-state index is 12.0. The van der Waals surface area contributed by atoms with Gasteiger partial charge in [-0.15, -0.1) is 0 Å². The highest BCUT2D eigenvalue weighted by Crippen LogP contribution is 2.17. The molecule has 100 valence electrons. The highest BCUT2D eigenvalue weighted by Gasteiger charge is 2.21. The van der Waals surface area contributed by atoms with Crippen LogP contribution >= 0.6 is 0 Å². The number of hydrogen-bond acceptors (Lipinski definition) is 3. The van der Waals surface area contributed by atoms with E-state index in [4.69, 9.17) is 0 Å². The minimum Gasteiger partial charge on any atom is -0.359 e. The summed E-state index contributed by atoms with van der Waals surface area (Å²) >= 11 is 0. The molecule has 18 heavy (non-hydrogen) atoms. The number of carbonyl (C=O) groups is 1. The Bertz CT molecular complexity index is 364. The minimum atomic E-state index is 0.200. The molecule has 0 radical (unpaired) electrons. The number of Topliss-reactive ketones (excluding diaryl/α,β-unsaturated/α-hetero) is 1. The molecule has 1 aliphatic heterocycles. The maximum atomic E-state index is 12.0. The van der Waals surface area contributed by atoms with Crippen molar-refractivity contribution in [2.45, 2.75) is 12.8 Å². The van der Waals surface area contributed by atoms with Crippen LogP contribution in [0.2, 0.25) is 0 Å². The molecular formula is C14H23N3O. The zero-order valence-corrected chi connectivity index (χ0v) is 11.4. The number of likely N-dealkylation sites (tertiary alicyclic amines) is 1. The second kappa shape index (κ2) is 6.16. The van der Waals surface area contributed by atoms with E-state index in [1.165, 1.54) is 19.4 Å². The van der Waals surface area contributed by atoms with Crippen LogP contribution in [0, 0.1) is 5.92 Å². The molecule has 4 nitrogen and oxygen atoms in total. The number of ketones is 1. The molecule has 1 N–H and O–H groups in total. The first-order valence-corrected chi connectivity index (χ1v) is 6.69. The van der Waals surface area contributed by atoms with Gasteiger partial charge in [-0.2, -0.15) is 0 Å². The smallest absolute Gasteiger partial charge is 0.192 e. The zero-order valence-electron chi connectivity index (χ0n) is 11.4. The van der Waals surface area contributed by atoms with E-state index in [9.17, 15) is 4.79 Å². The summed E-state index contributed by atoms with van der Waals surface area (Å²) in [5, 5.41) is 0. The standard InChI is InChI=1S/C14H23N3O/c1-16(2)10-12-5-8-17(9-6-12)11-14(18)13-4-3-7-15-13/h3-4,7,12,15H,5-6,8-11H2,1-2H3. The summed E-state index contributed by atoms with van der Waals surface area (Å²) in [6.07, 6.45) is 4.21. The molecule has 1 aromatic rings. The molecule has 0 aliphatic carbocycles. The van der Waals surface area contributed by atoms with Gasteiger partial charge in [0.15, 0.2) is 5.78 Å². The van der Waals surface area contributed by atoms with Crippen molar-refractivity contribution in [3.05, 3.63) is 24.0 Å². The molecule has 0 bridgehead atoms. The maximum Gasteiger partial charge on any atom is 0.192 e. The van der Waals surface area contributed by atoms with Crippen molar-refractivity contribution in [3.63, 3.8) is 0 Å². The van der Waals surface area contributed by atoms with E-state index in [0.29, 0.717) is 6.54 Å². The van der Waals surface area contributed by atoms with Crippen molar-refractivity contribution < 1.29 is 4.79 Å². The number of carbonyl (C=O) groups excluding carboxylic acids is 1. The Balaban J connectivity index is 1.75. The fourth-order valence-corrected chi connectivity index (χ4v) is 2.64. The van der Waals surface area contributed by atoms with E-state index in [-0.39, 0.29) is 5.78 Å². The van der Waals surface area contributed by atoms with Crippen molar-refractivity contribution in [1.29, 1.82) is 0 Å². The van der Waals surface area contributed by atoms with Gasteiger partial charge in [0.05, 0.1) is 12.2 Å². The molecule has 0 unspecified atom stereocenters. The lowest BCUT2D eigenvalue weighted by molar-refractivity contribution is 0.0881. The Morgan fingerprint density at radius 2 is 2.17 bits per heavy atom. The summed E-state index contributed by atoms with van der Waals surface area (Å²) < 4.78 is 0. The van der Waals surface area contributed by atoms with E-state index >= 15 is 0 Å². The number of nitrogens with zero attached hydrogens (tertiary/aromatic N) is 2. The van der Waals surface area contributed by atoms with Crippen LogP contribution in [-0.4, -0.2) is 60.8 Å². The number of nitrogens with one attached hydrogen (secondary N) is 1. The molecule has 4 heteroatoms. The van der Waals surface area contributed by atoms with Crippen LogP contribution in [0.3, 0.4) is 0 Å². The molecule has 2 rings (SSSR count). The lowest BCUT2D eigenvalue weighted by Crippen LogP contribution is -2.39. The summed E-state index contributed by atoms with van der Waals surface area (Å²) in [7, 11) is 4.25. The average molecular weight is 249 g/mol. The Morgan fingerprint density at radius 3 is 2.72 bits per heavy atom. The monoisotopic (exact) mass is 249 g/mol. The van der Waals surface area contributed by atoms with Crippen LogP contribution < -0.4 is 0 Å². The van der Waals surface area contributed by atoms with Crippen LogP contribution in [0.1, 0.15) is 23.3 Å². The molecule has 0 saturated carbocycles. The van der Waals surface area contributed by atoms with Crippen LogP contribution in [0.25, 0.3) is 0 Å². The predicted octanol–water partition coefficient (Wildman–Crippen LogP) is 1.47. The highest BCUT2D eigenvalue weighted by molar-refractivity contribution is 5.95. The molecule has 1 saturated heterocycles. The van der Waals surface area contributed by atoms with Crippen molar-refractivity contribution in [3.8, 4) is 0 Å². The van der Waals surface area contributed by atoms with Gasteiger partial charge in [0, 0.05) is 12.7 Å². The van der Waals surface area contributed by atoms with Gasteiger partial charge < -0.3 is 9.88 Å². The summed E-state index contributed by atoms with van der Waals surface area (Å²) in [5.74, 6) is 0.989. The summed E-state index contributed by atoms with van der Waals surface area (Å²) in [6.45, 7) is 3.81. The summed E-state index contributed by atoms with van der Waals surface area (Å²) in [4.78, 5) is 19.5. The number of aromatic nitrogens is 1. The lowest BCUT2D eigenvalue weighted by Gasteiger charge is -2.32. The first kappa shape index (κ1) is 13.3. The van der Waals surface area contributed by atoms with Gasteiger partial charge >= 0.3 is 0 Å². The average Bonchev–Trinajstić information content (AvgIpc) is 2.84. The Morgan fingerprint density at radius 1 is 1.44 bits per heavy atom. The lowest BCUT2D eigenvalue weighted by atomic mass is 9.96. The number of piperidine rings is 1. The van der Waals surface area contributed by atoms with Gasteiger partial charge in [-0.25, -0.2) is 0 Å². The Hall–Kier alpha value is -1.13. The fourth-order valence-electron chi connectivity index (χ4n) is 2.64. The molecule has 1 aromatic heterocycles. The summed E-state index contributed by atoms with van der Waals surface area (Å²) in [6, 6.07) is 3.72. The van der Waals surface area contributed by atoms with Crippen LogP contribution in [-0.2, 0) is 0 Å². The molecule has 0 atom stereocenters. The SMILES string of the molecule is CN(C)CC1CCN(CC(=O)c2ccc[nH]2)CC1. The van der Waals surface area contributed by atoms with Crippen LogP contribution in [0.15, 0.2) is 18.3 Å². The number of rotatable bonds is 5. The number of hydrogen-bond donors (Lipinski definition) is 1. The minimum absolute atomic E-state index is 0.200. The first-order valence-electron chi connectivity index (χ1n) is 6.69. The van der Waals surface area contributed by atoms with E-state index < -0.39 is 0 Å². The second-order valence-corrected chi connectivity index (χ2v) is 5.49. The Labute approximate surface area is 109 Å². The number of aromatic amines is 1. The molecule has 2 heterocycles. The third-order valence-electron chi connectivity index (χ3n) is 3.60. The van der Waals surface area contributed by atoms with Gasteiger partial charge in [-0.1, -0.05) is 0 Å². The predicted molar refractivity (Wildman–Crippen MR) is 72.8 cm³/mol. The van der Waals surface area contributed by atoms with Crippen LogP contribution in [0.4, 0.5) is 0 Å². The second-order valence-electron chi connectivity index (χ2n) is 5.49. The molecule has 0 aromatic carbocycles. The third-order valence-corrected chi connectivity index (χ3v) is 3.60. The van der Waals surface area contributed by atoms with Crippen molar-refractivity contribution in [2.75, 3.05) is 40.3 Å². The van der Waals surface area contributed by atoms with Crippen molar-refractivity contribution >= 4 is 5.78 Å². The van der Waals surface area contributed by atoms with Gasteiger partial charge in [-0.05, 0) is 58.1 Å². The quantitative estimate of drug-likeness (QED) is 0.803. The molecule has 0 spiro atoms. The first-order chi connectivity index (χ1) is 8.65. The van der Waals surface area contributed by atoms with E-state index in [1.54, 1.807) is 6.20 Å². The normalized spacial score (nSPS) is 18.4. The van der Waals surface area contributed by atoms with Gasteiger partial charge in [0.2, 0.25) is 0 Å². The van der Waals surface area contributed by atoms with Gasteiger partial charge in [0.1, 0.15) is 0 Å². The molecule has 0 amide bonds. The summed E-state index contributed by atoms with van der Waals surface area (Å²) in [5.41, 5.74) is 0.727. The van der Waals surface area contributed by atoms with Crippen molar-refractivity contribution in [1.82, 2.24) is 14.8 Å². The van der Waals surface area contributed by atoms with Gasteiger partial charge in [0.25, 0.3) is 0 Å². The molecular weight excluding hydrogens is 226 g/mol. The highest BCUT2D eigenvalue weighted by atomic mass is 16.1. The topological polar surface area (TPSA) is 39.3 Å². The fraction of sp³-hybridized carbons (Fsp3) is 0.643. The van der Waals surface area contributed by atoms with Crippen molar-refractivity contribution in [2.24, 2.45) is 5.92 Å². The Kier molecular flexibility index (Phi) is 4.55. The van der Waals surface area contributed by atoms with E-state index in [1.807, 2.05) is 12.1 Å². The number of H-pyrrole nitrogens is 1. The van der Waals surface area contributed by atoms with E-state index in [0.717, 1.165) is 24.7 Å². The van der Waals surface area contributed by atoms with E-state index in [2.05, 4.69) is 28.9 Å². The molecule has 1 aliphatic rings. The van der Waals surface area contributed by atoms with Crippen LogP contribution in [0.5, 0.6) is 0 Å². The molecule has 1 fully saturated rings. The largest absolute Gasteiger partial charge is 0.359 e.